The lowest BCUT2D eigenvalue weighted by molar-refractivity contribution is -0.277. The third-order valence-electron chi connectivity index (χ3n) is 3.15. The molecule has 0 bridgehead atoms. The van der Waals surface area contributed by atoms with Crippen molar-refractivity contribution in [1.82, 2.24) is 0 Å². The lowest BCUT2D eigenvalue weighted by Crippen LogP contribution is -2.45. The number of hydrogen-bond acceptors (Lipinski definition) is 17. The monoisotopic (exact) mass is 494 g/mol. The Morgan fingerprint density at radius 3 is 1.44 bits per heavy atom. The van der Waals surface area contributed by atoms with Crippen LogP contribution in [0.15, 0.2) is 0 Å². The van der Waals surface area contributed by atoms with E-state index in [4.69, 9.17) is 5.11 Å². The van der Waals surface area contributed by atoms with Gasteiger partial charge in [0.1, 0.15) is 0 Å². The van der Waals surface area contributed by atoms with E-state index in [1.54, 1.807) is 0 Å². The van der Waals surface area contributed by atoms with Crippen molar-refractivity contribution in [2.75, 3.05) is 0 Å². The minimum absolute atomic E-state index is 0.695. The topological polar surface area (TPSA) is 249 Å². The summed E-state index contributed by atoms with van der Waals surface area (Å²) in [4.78, 5) is 125. The minimum atomic E-state index is -3.32. The summed E-state index contributed by atoms with van der Waals surface area (Å²) in [6.45, 7) is 2.62. The molecule has 0 saturated heterocycles. The van der Waals surface area contributed by atoms with Gasteiger partial charge in [0.2, 0.25) is 17.3 Å². The van der Waals surface area contributed by atoms with Crippen LogP contribution >= 0.6 is 0 Å². The lowest BCUT2D eigenvalue weighted by Gasteiger charge is -2.21. The van der Waals surface area contributed by atoms with Crippen molar-refractivity contribution in [1.29, 1.82) is 0 Å². The Morgan fingerprint density at radius 1 is 0.676 bits per heavy atom. The minimum Gasteiger partial charge on any atom is -0.393 e. The number of aliphatic hydroxyl groups is 2. The van der Waals surface area contributed by atoms with E-state index in [-0.39, 0.29) is 0 Å². The fraction of sp³-hybridized carbons (Fsp3) is 0.471. The van der Waals surface area contributed by atoms with Crippen LogP contribution < -0.4 is 0 Å². The molecule has 0 amide bonds. The predicted octanol–water partition coefficient (Wildman–Crippen LogP) is -2.98. The van der Waals surface area contributed by atoms with Gasteiger partial charge in [-0.3, -0.25) is 14.4 Å². The van der Waals surface area contributed by atoms with Gasteiger partial charge < -0.3 is 10.2 Å². The van der Waals surface area contributed by atoms with Gasteiger partial charge in [-0.1, -0.05) is 0 Å². The molecule has 0 aliphatic rings. The number of hydrogen-bond donors (Lipinski definition) is 2. The molecule has 0 aromatic heterocycles. The zero-order valence-electron chi connectivity index (χ0n) is 17.7. The van der Waals surface area contributed by atoms with Gasteiger partial charge in [-0.2, -0.15) is 0 Å². The van der Waals surface area contributed by atoms with Crippen molar-refractivity contribution < 1.29 is 82.7 Å². The highest BCUT2D eigenvalue weighted by atomic mass is 17.2. The normalized spacial score (nSPS) is 12.6. The Hall–Kier alpha value is -4.25. The molecule has 0 spiro atoms. The summed E-state index contributed by atoms with van der Waals surface area (Å²) in [6, 6.07) is 0. The predicted molar refractivity (Wildman–Crippen MR) is 93.4 cm³/mol. The highest BCUT2D eigenvalue weighted by molar-refractivity contribution is 6.33. The van der Waals surface area contributed by atoms with Gasteiger partial charge in [0.05, 0.1) is 18.9 Å². The third-order valence-corrected chi connectivity index (χ3v) is 3.15. The molecule has 188 valence electrons. The average Bonchev–Trinajstić information content (AvgIpc) is 2.72. The first-order valence-electron chi connectivity index (χ1n) is 8.80. The third kappa shape index (κ3) is 10.9. The van der Waals surface area contributed by atoms with Gasteiger partial charge in [0.25, 0.3) is 0 Å². The van der Waals surface area contributed by atoms with Crippen LogP contribution in [0, 0.1) is 0 Å². The molecule has 0 fully saturated rings. The van der Waals surface area contributed by atoms with Gasteiger partial charge >= 0.3 is 35.8 Å². The standard InChI is InChI=1S/C17H18O17/c1-7(18)4-10(21)15(26)33-30-12(23)6-17(28,16(27)34-32-14(25)9(3)20)5-11(22)29-31-13(24)8(2)19/h7,18,28H,4-6H2,1-3H3. The molecule has 0 rings (SSSR count). The second-order valence-corrected chi connectivity index (χ2v) is 6.37. The summed E-state index contributed by atoms with van der Waals surface area (Å²) in [5.74, 6) is -14.5. The maximum absolute atomic E-state index is 12.0. The van der Waals surface area contributed by atoms with Gasteiger partial charge in [0, 0.05) is 20.3 Å². The van der Waals surface area contributed by atoms with Crippen LogP contribution in [0.1, 0.15) is 40.0 Å². The van der Waals surface area contributed by atoms with Crippen LogP contribution in [0.5, 0.6) is 0 Å². The molecule has 17 nitrogen and oxygen atoms in total. The average molecular weight is 494 g/mol. The molecule has 0 saturated carbocycles. The zero-order chi connectivity index (χ0) is 26.6. The van der Waals surface area contributed by atoms with Gasteiger partial charge in [0.15, 0.2) is 5.60 Å². The Morgan fingerprint density at radius 2 is 1.06 bits per heavy atom. The van der Waals surface area contributed by atoms with E-state index in [0.29, 0.717) is 6.92 Å². The molecule has 2 atom stereocenters. The molecule has 2 unspecified atom stereocenters. The maximum Gasteiger partial charge on any atom is 0.421 e. The number of rotatable bonds is 10. The first-order valence-corrected chi connectivity index (χ1v) is 8.80. The van der Waals surface area contributed by atoms with Crippen LogP contribution in [-0.2, 0) is 72.5 Å². The van der Waals surface area contributed by atoms with Crippen molar-refractivity contribution in [3.8, 4) is 0 Å². The second-order valence-electron chi connectivity index (χ2n) is 6.37. The van der Waals surface area contributed by atoms with Crippen molar-refractivity contribution in [3.05, 3.63) is 0 Å². The highest BCUT2D eigenvalue weighted by Crippen LogP contribution is 2.20. The quantitative estimate of drug-likeness (QED) is 0.174. The van der Waals surface area contributed by atoms with Crippen molar-refractivity contribution >= 4 is 53.2 Å². The molecule has 0 radical (unpaired) electrons. The maximum atomic E-state index is 12.0. The van der Waals surface area contributed by atoms with E-state index >= 15 is 0 Å². The number of aliphatic hydroxyl groups excluding tert-OH is 1. The van der Waals surface area contributed by atoms with E-state index in [0.717, 1.165) is 13.8 Å². The fourth-order valence-electron chi connectivity index (χ4n) is 1.58. The molecule has 0 aromatic rings. The summed E-state index contributed by atoms with van der Waals surface area (Å²) in [5, 5.41) is 19.3. The number of Topliss-reactive ketones (excluding diaryl/α,β-unsaturated/α-hetero) is 3. The van der Waals surface area contributed by atoms with E-state index in [9.17, 15) is 48.3 Å². The Balaban J connectivity index is 5.32. The van der Waals surface area contributed by atoms with Crippen LogP contribution in [0.4, 0.5) is 0 Å². The fourth-order valence-corrected chi connectivity index (χ4v) is 1.58. The molecule has 34 heavy (non-hydrogen) atoms. The molecule has 0 aromatic carbocycles. The van der Waals surface area contributed by atoms with Crippen LogP contribution in [0.2, 0.25) is 0 Å². The molecular formula is C17H18O17. The van der Waals surface area contributed by atoms with Gasteiger partial charge in [-0.15, -0.1) is 0 Å². The lowest BCUT2D eigenvalue weighted by atomic mass is 9.96. The number of ketones is 3. The highest BCUT2D eigenvalue weighted by Gasteiger charge is 2.46. The Bertz CT molecular complexity index is 884. The molecule has 17 heteroatoms. The summed E-state index contributed by atoms with van der Waals surface area (Å²) in [6.07, 6.45) is -5.09. The molecule has 0 heterocycles. The summed E-state index contributed by atoms with van der Waals surface area (Å²) in [7, 11) is 0. The van der Waals surface area contributed by atoms with E-state index in [1.807, 2.05) is 0 Å². The summed E-state index contributed by atoms with van der Waals surface area (Å²) in [5.41, 5.74) is -3.32. The number of carbonyl (C=O) groups excluding carboxylic acids is 9. The summed E-state index contributed by atoms with van der Waals surface area (Å²) < 4.78 is 0. The van der Waals surface area contributed by atoms with Crippen molar-refractivity contribution in [2.45, 2.75) is 51.7 Å². The Labute approximate surface area is 188 Å². The largest absolute Gasteiger partial charge is 0.421 e. The second kappa shape index (κ2) is 13.3. The van der Waals surface area contributed by atoms with Crippen molar-refractivity contribution in [3.63, 3.8) is 0 Å². The SMILES string of the molecule is CC(=O)C(=O)OOC(=O)CC(O)(CC(=O)OOC(=O)C(=O)CC(C)O)C(=O)OOC(=O)C(C)=O. The van der Waals surface area contributed by atoms with E-state index in [2.05, 4.69) is 29.3 Å². The molecule has 2 N–H and O–H groups in total. The first-order chi connectivity index (χ1) is 15.6. The van der Waals surface area contributed by atoms with Crippen molar-refractivity contribution in [2.24, 2.45) is 0 Å². The Kier molecular flexibility index (Phi) is 11.7. The van der Waals surface area contributed by atoms with Crippen LogP contribution in [-0.4, -0.2) is 75.1 Å². The molecular weight excluding hydrogens is 476 g/mol. The zero-order valence-corrected chi connectivity index (χ0v) is 17.7. The van der Waals surface area contributed by atoms with Gasteiger partial charge in [-0.25, -0.2) is 58.1 Å². The van der Waals surface area contributed by atoms with Crippen LogP contribution in [0.3, 0.4) is 0 Å². The molecule has 0 aliphatic carbocycles. The summed E-state index contributed by atoms with van der Waals surface area (Å²) >= 11 is 0. The smallest absolute Gasteiger partial charge is 0.393 e. The van der Waals surface area contributed by atoms with Crippen LogP contribution in [0.25, 0.3) is 0 Å². The first kappa shape index (κ1) is 29.8. The number of carbonyl (C=O) groups is 9. The molecule has 0 aliphatic heterocycles. The van der Waals surface area contributed by atoms with Gasteiger partial charge in [-0.05, 0) is 6.92 Å². The van der Waals surface area contributed by atoms with E-state index in [1.165, 1.54) is 0 Å². The van der Waals surface area contributed by atoms with E-state index < -0.39 is 84.1 Å².